The molecule has 0 amide bonds. The Morgan fingerprint density at radius 2 is 1.85 bits per heavy atom. The molecule has 2 fully saturated rings. The number of hydrogen-bond acceptors (Lipinski definition) is 4. The average molecular weight is 380 g/mol. The van der Waals surface area contributed by atoms with E-state index in [1.54, 1.807) is 23.5 Å². The Morgan fingerprint density at radius 1 is 1.15 bits per heavy atom. The predicted octanol–water partition coefficient (Wildman–Crippen LogP) is 0.698. The third-order valence-electron chi connectivity index (χ3n) is 4.98. The second-order valence-electron chi connectivity index (χ2n) is 7.07. The van der Waals surface area contributed by atoms with Crippen molar-refractivity contribution in [3.05, 3.63) is 29.8 Å². The van der Waals surface area contributed by atoms with Crippen LogP contribution in [0.1, 0.15) is 18.4 Å². The van der Waals surface area contributed by atoms with Crippen molar-refractivity contribution in [1.29, 1.82) is 0 Å². The molecule has 3 rings (SSSR count). The number of benzene rings is 1. The molecule has 1 saturated heterocycles. The van der Waals surface area contributed by atoms with Crippen LogP contribution >= 0.6 is 0 Å². The quantitative estimate of drug-likeness (QED) is 0.562. The SMILES string of the molecule is CN=C(NCc1ccccc1S(=O)(=O)N1CCN(C)CC1)NCC1CC1. The molecule has 1 aliphatic carbocycles. The molecule has 2 N–H and O–H groups in total. The van der Waals surface area contributed by atoms with Gasteiger partial charge in [0.15, 0.2) is 5.96 Å². The highest BCUT2D eigenvalue weighted by Crippen LogP contribution is 2.27. The molecule has 26 heavy (non-hydrogen) atoms. The summed E-state index contributed by atoms with van der Waals surface area (Å²) < 4.78 is 27.8. The van der Waals surface area contributed by atoms with Gasteiger partial charge in [0, 0.05) is 46.3 Å². The van der Waals surface area contributed by atoms with Crippen LogP contribution in [0.25, 0.3) is 0 Å². The van der Waals surface area contributed by atoms with E-state index in [2.05, 4.69) is 20.5 Å². The second-order valence-corrected chi connectivity index (χ2v) is 8.97. The molecule has 1 aromatic rings. The zero-order valence-electron chi connectivity index (χ0n) is 15.6. The van der Waals surface area contributed by atoms with Crippen molar-refractivity contribution in [2.24, 2.45) is 10.9 Å². The minimum atomic E-state index is -3.48. The molecular weight excluding hydrogens is 350 g/mol. The molecule has 0 aromatic heterocycles. The molecule has 7 nitrogen and oxygen atoms in total. The van der Waals surface area contributed by atoms with Gasteiger partial charge >= 0.3 is 0 Å². The minimum absolute atomic E-state index is 0.384. The fourth-order valence-electron chi connectivity index (χ4n) is 3.03. The second kappa shape index (κ2) is 8.37. The topological polar surface area (TPSA) is 77.0 Å². The molecule has 0 spiro atoms. The third kappa shape index (κ3) is 4.75. The Kier molecular flexibility index (Phi) is 6.16. The molecule has 144 valence electrons. The first-order valence-electron chi connectivity index (χ1n) is 9.22. The summed E-state index contributed by atoms with van der Waals surface area (Å²) in [6.45, 7) is 3.93. The standard InChI is InChI=1S/C18H29N5O2S/c1-19-18(20-13-15-7-8-15)21-14-16-5-3-4-6-17(16)26(24,25)23-11-9-22(2)10-12-23/h3-6,15H,7-14H2,1-2H3,(H2,19,20,21). The number of nitrogens with zero attached hydrogens (tertiary/aromatic N) is 3. The molecule has 2 aliphatic rings. The highest BCUT2D eigenvalue weighted by atomic mass is 32.2. The molecule has 1 aliphatic heterocycles. The summed E-state index contributed by atoms with van der Waals surface area (Å²) >= 11 is 0. The Labute approximate surface area is 156 Å². The van der Waals surface area contributed by atoms with Crippen molar-refractivity contribution >= 4 is 16.0 Å². The Morgan fingerprint density at radius 3 is 2.50 bits per heavy atom. The fourth-order valence-corrected chi connectivity index (χ4v) is 4.68. The predicted molar refractivity (Wildman–Crippen MR) is 104 cm³/mol. The van der Waals surface area contributed by atoms with Crippen molar-refractivity contribution < 1.29 is 8.42 Å². The Hall–Kier alpha value is -1.64. The number of guanidine groups is 1. The summed E-state index contributed by atoms with van der Waals surface area (Å²) in [6.07, 6.45) is 2.55. The van der Waals surface area contributed by atoms with Gasteiger partial charge in [-0.05, 0) is 37.4 Å². The van der Waals surface area contributed by atoms with Gasteiger partial charge in [0.25, 0.3) is 0 Å². The van der Waals surface area contributed by atoms with Crippen LogP contribution < -0.4 is 10.6 Å². The van der Waals surface area contributed by atoms with Crippen molar-refractivity contribution in [3.63, 3.8) is 0 Å². The van der Waals surface area contributed by atoms with Gasteiger partial charge in [-0.25, -0.2) is 8.42 Å². The minimum Gasteiger partial charge on any atom is -0.356 e. The molecule has 0 unspecified atom stereocenters. The van der Waals surface area contributed by atoms with Gasteiger partial charge in [0.2, 0.25) is 10.0 Å². The zero-order chi connectivity index (χ0) is 18.6. The van der Waals surface area contributed by atoms with Crippen LogP contribution in [0, 0.1) is 5.92 Å². The van der Waals surface area contributed by atoms with Gasteiger partial charge in [-0.1, -0.05) is 18.2 Å². The molecule has 1 aromatic carbocycles. The average Bonchev–Trinajstić information content (AvgIpc) is 3.47. The van der Waals surface area contributed by atoms with E-state index in [1.165, 1.54) is 12.8 Å². The molecule has 0 bridgehead atoms. The van der Waals surface area contributed by atoms with Crippen LogP contribution in [0.2, 0.25) is 0 Å². The number of rotatable bonds is 6. The number of nitrogens with one attached hydrogen (secondary N) is 2. The maximum absolute atomic E-state index is 13.1. The van der Waals surface area contributed by atoms with E-state index in [9.17, 15) is 8.42 Å². The van der Waals surface area contributed by atoms with Crippen molar-refractivity contribution in [2.75, 3.05) is 46.8 Å². The van der Waals surface area contributed by atoms with Gasteiger partial charge in [0.1, 0.15) is 0 Å². The van der Waals surface area contributed by atoms with Gasteiger partial charge < -0.3 is 15.5 Å². The summed E-state index contributed by atoms with van der Waals surface area (Å²) in [5.41, 5.74) is 0.765. The van der Waals surface area contributed by atoms with Crippen LogP contribution in [0.5, 0.6) is 0 Å². The Balaban J connectivity index is 1.68. The van der Waals surface area contributed by atoms with Crippen LogP contribution in [0.4, 0.5) is 0 Å². The van der Waals surface area contributed by atoms with Crippen LogP contribution in [-0.4, -0.2) is 70.4 Å². The number of sulfonamides is 1. The molecule has 0 radical (unpaired) electrons. The normalized spacial score (nSPS) is 20.2. The lowest BCUT2D eigenvalue weighted by atomic mass is 10.2. The first kappa shape index (κ1) is 19.1. The monoisotopic (exact) mass is 379 g/mol. The smallest absolute Gasteiger partial charge is 0.243 e. The van der Waals surface area contributed by atoms with E-state index in [-0.39, 0.29) is 0 Å². The van der Waals surface area contributed by atoms with Crippen LogP contribution in [0.15, 0.2) is 34.2 Å². The van der Waals surface area contributed by atoms with Crippen LogP contribution in [0.3, 0.4) is 0 Å². The lowest BCUT2D eigenvalue weighted by molar-refractivity contribution is 0.222. The molecular formula is C18H29N5O2S. The number of aliphatic imine (C=N–C) groups is 1. The fraction of sp³-hybridized carbons (Fsp3) is 0.611. The van der Waals surface area contributed by atoms with E-state index >= 15 is 0 Å². The molecule has 0 atom stereocenters. The van der Waals surface area contributed by atoms with Gasteiger partial charge in [-0.3, -0.25) is 4.99 Å². The first-order valence-corrected chi connectivity index (χ1v) is 10.7. The molecule has 1 heterocycles. The van der Waals surface area contributed by atoms with Crippen molar-refractivity contribution in [1.82, 2.24) is 19.8 Å². The van der Waals surface area contributed by atoms with E-state index in [0.29, 0.717) is 30.5 Å². The van der Waals surface area contributed by atoms with Gasteiger partial charge in [0.05, 0.1) is 4.90 Å². The zero-order valence-corrected chi connectivity index (χ0v) is 16.4. The maximum Gasteiger partial charge on any atom is 0.243 e. The maximum atomic E-state index is 13.1. The van der Waals surface area contributed by atoms with E-state index in [0.717, 1.165) is 31.1 Å². The number of likely N-dealkylation sites (N-methyl/N-ethyl adjacent to an activating group) is 1. The summed E-state index contributed by atoms with van der Waals surface area (Å²) in [6, 6.07) is 7.22. The summed E-state index contributed by atoms with van der Waals surface area (Å²) in [4.78, 5) is 6.75. The summed E-state index contributed by atoms with van der Waals surface area (Å²) in [7, 11) is 0.267. The van der Waals surface area contributed by atoms with Gasteiger partial charge in [-0.2, -0.15) is 4.31 Å². The van der Waals surface area contributed by atoms with Crippen molar-refractivity contribution in [3.8, 4) is 0 Å². The van der Waals surface area contributed by atoms with Gasteiger partial charge in [-0.15, -0.1) is 0 Å². The number of piperazine rings is 1. The molecule has 1 saturated carbocycles. The highest BCUT2D eigenvalue weighted by Gasteiger charge is 2.29. The van der Waals surface area contributed by atoms with Crippen molar-refractivity contribution in [2.45, 2.75) is 24.3 Å². The van der Waals surface area contributed by atoms with E-state index in [4.69, 9.17) is 0 Å². The number of hydrogen-bond donors (Lipinski definition) is 2. The Bertz CT molecular complexity index is 738. The third-order valence-corrected chi connectivity index (χ3v) is 6.98. The first-order chi connectivity index (χ1) is 12.5. The summed E-state index contributed by atoms with van der Waals surface area (Å²) in [5, 5.41) is 6.54. The van der Waals surface area contributed by atoms with E-state index < -0.39 is 10.0 Å². The largest absolute Gasteiger partial charge is 0.356 e. The highest BCUT2D eigenvalue weighted by molar-refractivity contribution is 7.89. The lowest BCUT2D eigenvalue weighted by Crippen LogP contribution is -2.47. The molecule has 8 heteroatoms. The van der Waals surface area contributed by atoms with E-state index in [1.807, 2.05) is 19.2 Å². The summed E-state index contributed by atoms with van der Waals surface area (Å²) in [5.74, 6) is 1.46. The lowest BCUT2D eigenvalue weighted by Gasteiger charge is -2.32. The van der Waals surface area contributed by atoms with Crippen LogP contribution in [-0.2, 0) is 16.6 Å².